The molecule has 2 heterocycles. The van der Waals surface area contributed by atoms with Crippen LogP contribution >= 0.6 is 0 Å². The van der Waals surface area contributed by atoms with Crippen LogP contribution in [0.3, 0.4) is 0 Å². The lowest BCUT2D eigenvalue weighted by molar-refractivity contribution is -0.116. The summed E-state index contributed by atoms with van der Waals surface area (Å²) < 4.78 is 24.9. The third-order valence-corrected chi connectivity index (χ3v) is 5.37. The average Bonchev–Trinajstić information content (AvgIpc) is 3.23. The average molecular weight is 430 g/mol. The van der Waals surface area contributed by atoms with Crippen LogP contribution in [0.5, 0.6) is 5.75 Å². The number of amides is 1. The highest BCUT2D eigenvalue weighted by molar-refractivity contribution is 6.01. The highest BCUT2D eigenvalue weighted by Gasteiger charge is 2.18. The van der Waals surface area contributed by atoms with Crippen LogP contribution < -0.4 is 10.1 Å². The number of hydrogen-bond donors (Lipinski definition) is 1. The number of rotatable bonds is 6. The van der Waals surface area contributed by atoms with Crippen LogP contribution in [-0.2, 0) is 11.3 Å². The van der Waals surface area contributed by atoms with Crippen molar-refractivity contribution in [2.75, 3.05) is 7.11 Å². The van der Waals surface area contributed by atoms with Crippen LogP contribution in [0.15, 0.2) is 71.6 Å². The molecule has 6 heteroatoms. The number of aryl methyl sites for hydroxylation is 1. The van der Waals surface area contributed by atoms with Gasteiger partial charge in [0, 0.05) is 47.1 Å². The minimum absolute atomic E-state index is 0.211. The number of methoxy groups -OCH3 is 1. The molecule has 0 aliphatic heterocycles. The third kappa shape index (κ3) is 4.25. The van der Waals surface area contributed by atoms with Gasteiger partial charge >= 0.3 is 0 Å². The second-order valence-electron chi connectivity index (χ2n) is 7.52. The van der Waals surface area contributed by atoms with Gasteiger partial charge in [0.05, 0.1) is 13.4 Å². The van der Waals surface area contributed by atoms with Gasteiger partial charge in [0.2, 0.25) is 5.91 Å². The summed E-state index contributed by atoms with van der Waals surface area (Å²) >= 11 is 0. The molecule has 0 unspecified atom stereocenters. The van der Waals surface area contributed by atoms with Gasteiger partial charge in [0.15, 0.2) is 0 Å². The van der Waals surface area contributed by atoms with Crippen molar-refractivity contribution in [3.05, 3.63) is 89.7 Å². The molecule has 0 saturated carbocycles. The highest BCUT2D eigenvalue weighted by atomic mass is 19.1. The van der Waals surface area contributed by atoms with Crippen LogP contribution in [0.2, 0.25) is 0 Å². The Morgan fingerprint density at radius 2 is 2.03 bits per heavy atom. The van der Waals surface area contributed by atoms with E-state index in [-0.39, 0.29) is 11.7 Å². The molecule has 5 nitrogen and oxygen atoms in total. The van der Waals surface area contributed by atoms with Crippen molar-refractivity contribution in [3.63, 3.8) is 0 Å². The van der Waals surface area contributed by atoms with E-state index in [9.17, 15) is 9.18 Å². The fourth-order valence-corrected chi connectivity index (χ4v) is 3.74. The first-order chi connectivity index (χ1) is 15.5. The van der Waals surface area contributed by atoms with Crippen LogP contribution in [0.1, 0.15) is 23.6 Å². The lowest BCUT2D eigenvalue weighted by atomic mass is 9.96. The van der Waals surface area contributed by atoms with Gasteiger partial charge < -0.3 is 14.5 Å². The summed E-state index contributed by atoms with van der Waals surface area (Å²) in [7, 11) is 1.59. The van der Waals surface area contributed by atoms with E-state index in [0.29, 0.717) is 17.9 Å². The first kappa shape index (κ1) is 21.3. The van der Waals surface area contributed by atoms with Crippen molar-refractivity contribution >= 4 is 22.4 Å². The summed E-state index contributed by atoms with van der Waals surface area (Å²) in [4.78, 5) is 16.6. The molecule has 0 saturated heterocycles. The second-order valence-corrected chi connectivity index (χ2v) is 7.52. The predicted molar refractivity (Wildman–Crippen MR) is 123 cm³/mol. The summed E-state index contributed by atoms with van der Waals surface area (Å²) in [6.45, 7) is 4.17. The molecule has 4 rings (SSSR count). The Bertz CT molecular complexity index is 1290. The number of fused-ring (bicyclic) bond motifs is 1. The van der Waals surface area contributed by atoms with E-state index in [2.05, 4.69) is 10.3 Å². The Hall–Kier alpha value is -3.93. The van der Waals surface area contributed by atoms with Crippen LogP contribution in [0.4, 0.5) is 4.39 Å². The van der Waals surface area contributed by atoms with Crippen molar-refractivity contribution in [3.8, 4) is 16.9 Å². The number of furan rings is 1. The fourth-order valence-electron chi connectivity index (χ4n) is 3.74. The van der Waals surface area contributed by atoms with Gasteiger partial charge in [0.25, 0.3) is 0 Å². The molecule has 0 radical (unpaired) electrons. The maximum absolute atomic E-state index is 13.4. The quantitative estimate of drug-likeness (QED) is 0.400. The summed E-state index contributed by atoms with van der Waals surface area (Å²) in [5.41, 5.74) is 5.68. The second kappa shape index (κ2) is 9.06. The zero-order valence-electron chi connectivity index (χ0n) is 18.1. The summed E-state index contributed by atoms with van der Waals surface area (Å²) in [6, 6.07) is 12.0. The van der Waals surface area contributed by atoms with Gasteiger partial charge in [-0.3, -0.25) is 9.78 Å². The van der Waals surface area contributed by atoms with Gasteiger partial charge in [-0.1, -0.05) is 18.2 Å². The number of ether oxygens (including phenoxy) is 1. The molecule has 4 aromatic rings. The van der Waals surface area contributed by atoms with Gasteiger partial charge in [-0.15, -0.1) is 0 Å². The normalized spacial score (nSPS) is 11.6. The van der Waals surface area contributed by atoms with E-state index in [4.69, 9.17) is 9.15 Å². The highest BCUT2D eigenvalue weighted by Crippen LogP contribution is 2.40. The van der Waals surface area contributed by atoms with Gasteiger partial charge in [-0.25, -0.2) is 4.39 Å². The molecule has 2 aromatic carbocycles. The molecule has 0 fully saturated rings. The Morgan fingerprint density at radius 3 is 2.72 bits per heavy atom. The molecule has 0 aliphatic rings. The fraction of sp³-hybridized carbons (Fsp3) is 0.154. The van der Waals surface area contributed by atoms with E-state index in [1.807, 2.05) is 32.0 Å². The zero-order valence-corrected chi connectivity index (χ0v) is 18.1. The lowest BCUT2D eigenvalue weighted by Crippen LogP contribution is -2.20. The smallest absolute Gasteiger partial charge is 0.244 e. The Labute approximate surface area is 185 Å². The first-order valence-electron chi connectivity index (χ1n) is 10.2. The Balaban J connectivity index is 1.70. The van der Waals surface area contributed by atoms with E-state index in [1.54, 1.807) is 44.0 Å². The zero-order chi connectivity index (χ0) is 22.7. The molecular weight excluding hydrogens is 407 g/mol. The summed E-state index contributed by atoms with van der Waals surface area (Å²) in [5.74, 6) is 0.139. The first-order valence-corrected chi connectivity index (χ1v) is 10.2. The molecule has 0 atom stereocenters. The van der Waals surface area contributed by atoms with E-state index in [0.717, 1.165) is 38.8 Å². The van der Waals surface area contributed by atoms with Gasteiger partial charge in [-0.05, 0) is 54.8 Å². The summed E-state index contributed by atoms with van der Waals surface area (Å²) in [6.07, 6.45) is 6.62. The number of nitrogens with zero attached hydrogens (tertiary/aromatic N) is 1. The number of carbonyl (C=O) groups is 1. The van der Waals surface area contributed by atoms with E-state index in [1.165, 1.54) is 12.1 Å². The lowest BCUT2D eigenvalue weighted by Gasteiger charge is -2.13. The van der Waals surface area contributed by atoms with E-state index < -0.39 is 0 Å². The Morgan fingerprint density at radius 1 is 1.25 bits per heavy atom. The van der Waals surface area contributed by atoms with Gasteiger partial charge in [-0.2, -0.15) is 0 Å². The third-order valence-electron chi connectivity index (χ3n) is 5.37. The molecule has 2 aromatic heterocycles. The molecular formula is C26H23FN2O3. The van der Waals surface area contributed by atoms with Crippen LogP contribution in [0, 0.1) is 12.7 Å². The maximum atomic E-state index is 13.4. The number of allylic oxidation sites excluding steroid dienone is 1. The molecule has 0 spiro atoms. The number of aromatic nitrogens is 1. The van der Waals surface area contributed by atoms with Crippen molar-refractivity contribution in [2.24, 2.45) is 0 Å². The number of benzene rings is 2. The monoisotopic (exact) mass is 430 g/mol. The predicted octanol–water partition coefficient (Wildman–Crippen LogP) is 5.67. The molecule has 1 N–H and O–H groups in total. The van der Waals surface area contributed by atoms with Crippen LogP contribution in [-0.4, -0.2) is 18.0 Å². The van der Waals surface area contributed by atoms with Crippen molar-refractivity contribution in [2.45, 2.75) is 20.4 Å². The van der Waals surface area contributed by atoms with Crippen LogP contribution in [0.25, 0.3) is 27.7 Å². The standard InChI is InChI=1S/C26H23FN2O3/c1-16(11-24(30)29-14-18-5-4-10-28-13-18)21-12-22-23(19-6-8-20(27)9-7-19)15-32-26(22)17(2)25(21)31-3/h4-13,15H,14H2,1-3H3,(H,29,30)/b16-11+. The van der Waals surface area contributed by atoms with E-state index >= 15 is 0 Å². The minimum Gasteiger partial charge on any atom is -0.496 e. The maximum Gasteiger partial charge on any atom is 0.244 e. The molecule has 0 bridgehead atoms. The summed E-state index contributed by atoms with van der Waals surface area (Å²) in [5, 5.41) is 3.75. The molecule has 32 heavy (non-hydrogen) atoms. The largest absolute Gasteiger partial charge is 0.496 e. The molecule has 1 amide bonds. The molecule has 162 valence electrons. The molecule has 0 aliphatic carbocycles. The topological polar surface area (TPSA) is 64.4 Å². The number of nitrogens with one attached hydrogen (secondary N) is 1. The minimum atomic E-state index is -0.295. The number of hydrogen-bond acceptors (Lipinski definition) is 4. The number of halogens is 1. The SMILES string of the molecule is COc1c(/C(C)=C/C(=O)NCc2cccnc2)cc2c(-c3ccc(F)cc3)coc2c1C. The van der Waals surface area contributed by atoms with Crippen molar-refractivity contribution in [1.29, 1.82) is 0 Å². The number of carbonyl (C=O) groups excluding carboxylic acids is 1. The van der Waals surface area contributed by atoms with Crippen molar-refractivity contribution < 1.29 is 18.3 Å². The van der Waals surface area contributed by atoms with Gasteiger partial charge in [0.1, 0.15) is 17.1 Å². The number of pyridine rings is 1. The van der Waals surface area contributed by atoms with Crippen molar-refractivity contribution in [1.82, 2.24) is 10.3 Å². The Kier molecular flexibility index (Phi) is 6.03.